The van der Waals surface area contributed by atoms with Crippen molar-refractivity contribution in [3.63, 3.8) is 0 Å². The van der Waals surface area contributed by atoms with E-state index in [1.165, 1.54) is 0 Å². The molecule has 0 aliphatic rings. The highest BCUT2D eigenvalue weighted by atomic mass is 35.5. The summed E-state index contributed by atoms with van der Waals surface area (Å²) in [6.45, 7) is 0. The number of alkyl halides is 4. The maximum Gasteiger partial charge on any atom is 0.419 e. The van der Waals surface area contributed by atoms with Gasteiger partial charge in [0.15, 0.2) is 14.9 Å². The molecule has 3 nitrogen and oxygen atoms in total. The largest absolute Gasteiger partial charge is 0.419 e. The van der Waals surface area contributed by atoms with Crippen molar-refractivity contribution in [3.05, 3.63) is 23.9 Å². The zero-order chi connectivity index (χ0) is 13.1. The van der Waals surface area contributed by atoms with Crippen LogP contribution in [0.15, 0.2) is 23.4 Å². The summed E-state index contributed by atoms with van der Waals surface area (Å²) in [7, 11) is -4.05. The molecular formula is C9H9ClF3NO2S. The first-order chi connectivity index (χ1) is 7.79. The molecule has 0 unspecified atom stereocenters. The molecule has 0 saturated carbocycles. The van der Waals surface area contributed by atoms with Gasteiger partial charge in [0.1, 0.15) is 0 Å². The third-order valence-electron chi connectivity index (χ3n) is 1.92. The minimum atomic E-state index is -4.74. The van der Waals surface area contributed by atoms with Gasteiger partial charge in [-0.05, 0) is 18.6 Å². The Balaban J connectivity index is 3.23. The van der Waals surface area contributed by atoms with Gasteiger partial charge in [-0.2, -0.15) is 13.2 Å². The Bertz CT molecular complexity index is 487. The Labute approximate surface area is 102 Å². The van der Waals surface area contributed by atoms with Crippen LogP contribution < -0.4 is 0 Å². The Morgan fingerprint density at radius 2 is 2.00 bits per heavy atom. The average molecular weight is 288 g/mol. The van der Waals surface area contributed by atoms with Crippen molar-refractivity contribution in [2.75, 3.05) is 11.6 Å². The van der Waals surface area contributed by atoms with Gasteiger partial charge in [-0.15, -0.1) is 11.6 Å². The lowest BCUT2D eigenvalue weighted by molar-refractivity contribution is -0.140. The van der Waals surface area contributed by atoms with Crippen molar-refractivity contribution < 1.29 is 21.6 Å². The highest BCUT2D eigenvalue weighted by Crippen LogP contribution is 2.33. The first-order valence-corrected chi connectivity index (χ1v) is 6.78. The fourth-order valence-electron chi connectivity index (χ4n) is 1.20. The lowest BCUT2D eigenvalue weighted by atomic mass is 10.3. The second-order valence-electron chi connectivity index (χ2n) is 3.22. The molecule has 0 amide bonds. The van der Waals surface area contributed by atoms with Gasteiger partial charge in [-0.3, -0.25) is 0 Å². The molecule has 0 aliphatic heterocycles. The Morgan fingerprint density at radius 1 is 1.35 bits per heavy atom. The Hall–Kier alpha value is -0.820. The predicted molar refractivity (Wildman–Crippen MR) is 56.6 cm³/mol. The third kappa shape index (κ3) is 3.57. The van der Waals surface area contributed by atoms with E-state index in [-0.39, 0.29) is 12.3 Å². The molecule has 0 bridgehead atoms. The van der Waals surface area contributed by atoms with Gasteiger partial charge in [-0.25, -0.2) is 13.4 Å². The van der Waals surface area contributed by atoms with Crippen molar-refractivity contribution >= 4 is 21.4 Å². The van der Waals surface area contributed by atoms with Crippen molar-refractivity contribution in [1.82, 2.24) is 4.98 Å². The van der Waals surface area contributed by atoms with Crippen LogP contribution in [0.2, 0.25) is 0 Å². The molecule has 0 aromatic carbocycles. The number of halogens is 4. The average Bonchev–Trinajstić information content (AvgIpc) is 2.25. The normalized spacial score (nSPS) is 12.7. The SMILES string of the molecule is O=S(=O)(CCCCl)c1ncccc1C(F)(F)F. The number of sulfone groups is 1. The van der Waals surface area contributed by atoms with E-state index in [0.717, 1.165) is 12.3 Å². The van der Waals surface area contributed by atoms with Crippen LogP contribution >= 0.6 is 11.6 Å². The molecular weight excluding hydrogens is 279 g/mol. The summed E-state index contributed by atoms with van der Waals surface area (Å²) >= 11 is 5.32. The van der Waals surface area contributed by atoms with Gasteiger partial charge >= 0.3 is 6.18 Å². The van der Waals surface area contributed by atoms with E-state index in [9.17, 15) is 21.6 Å². The molecule has 0 aliphatic carbocycles. The number of hydrogen-bond donors (Lipinski definition) is 0. The highest BCUT2D eigenvalue weighted by molar-refractivity contribution is 7.91. The standard InChI is InChI=1S/C9H9ClF3NO2S/c10-4-2-6-17(15,16)8-7(9(11,12)13)3-1-5-14-8/h1,3,5H,2,4,6H2. The van der Waals surface area contributed by atoms with Gasteiger partial charge in [0.25, 0.3) is 0 Å². The zero-order valence-electron chi connectivity index (χ0n) is 8.54. The van der Waals surface area contributed by atoms with Crippen molar-refractivity contribution in [3.8, 4) is 0 Å². The highest BCUT2D eigenvalue weighted by Gasteiger charge is 2.37. The van der Waals surface area contributed by atoms with Crippen molar-refractivity contribution in [2.24, 2.45) is 0 Å². The van der Waals surface area contributed by atoms with Gasteiger partial charge < -0.3 is 0 Å². The first-order valence-electron chi connectivity index (χ1n) is 4.60. The topological polar surface area (TPSA) is 47.0 Å². The summed E-state index contributed by atoms with van der Waals surface area (Å²) in [5.41, 5.74) is -1.24. The summed E-state index contributed by atoms with van der Waals surface area (Å²) < 4.78 is 61.0. The van der Waals surface area contributed by atoms with E-state index in [0.29, 0.717) is 6.07 Å². The summed E-state index contributed by atoms with van der Waals surface area (Å²) in [6, 6.07) is 1.74. The molecule has 0 spiro atoms. The number of rotatable bonds is 4. The van der Waals surface area contributed by atoms with Crippen LogP contribution in [0, 0.1) is 0 Å². The van der Waals surface area contributed by atoms with Crippen molar-refractivity contribution in [1.29, 1.82) is 0 Å². The van der Waals surface area contributed by atoms with E-state index >= 15 is 0 Å². The summed E-state index contributed by atoms with van der Waals surface area (Å²) in [4.78, 5) is 3.32. The lowest BCUT2D eigenvalue weighted by Crippen LogP contribution is -2.17. The minimum absolute atomic E-state index is 0.0629. The van der Waals surface area contributed by atoms with Gasteiger partial charge in [0.2, 0.25) is 0 Å². The second-order valence-corrected chi connectivity index (χ2v) is 5.62. The molecule has 0 fully saturated rings. The van der Waals surface area contributed by atoms with Crippen LogP contribution in [0.1, 0.15) is 12.0 Å². The number of hydrogen-bond acceptors (Lipinski definition) is 3. The fraction of sp³-hybridized carbons (Fsp3) is 0.444. The van der Waals surface area contributed by atoms with Crippen LogP contribution in [0.25, 0.3) is 0 Å². The zero-order valence-corrected chi connectivity index (χ0v) is 10.1. The molecule has 1 heterocycles. The molecule has 0 atom stereocenters. The number of nitrogens with zero attached hydrogens (tertiary/aromatic N) is 1. The number of pyridine rings is 1. The number of aromatic nitrogens is 1. The summed E-state index contributed by atoms with van der Waals surface area (Å²) in [5.74, 6) is -0.385. The maximum absolute atomic E-state index is 12.6. The van der Waals surface area contributed by atoms with Crippen LogP contribution in [0.5, 0.6) is 0 Å². The minimum Gasteiger partial charge on any atom is -0.244 e. The van der Waals surface area contributed by atoms with E-state index in [1.54, 1.807) is 0 Å². The van der Waals surface area contributed by atoms with Crippen LogP contribution in [-0.4, -0.2) is 25.0 Å². The molecule has 0 saturated heterocycles. The summed E-state index contributed by atoms with van der Waals surface area (Å²) in [6.07, 6.45) is -3.64. The Kier molecular flexibility index (Phi) is 4.37. The third-order valence-corrected chi connectivity index (χ3v) is 3.93. The van der Waals surface area contributed by atoms with E-state index in [4.69, 9.17) is 11.6 Å². The second kappa shape index (κ2) is 5.22. The monoisotopic (exact) mass is 287 g/mol. The molecule has 0 radical (unpaired) electrons. The summed E-state index contributed by atoms with van der Waals surface area (Å²) in [5, 5.41) is -0.933. The maximum atomic E-state index is 12.6. The molecule has 8 heteroatoms. The van der Waals surface area contributed by atoms with Gasteiger partial charge in [0, 0.05) is 12.1 Å². The predicted octanol–water partition coefficient (Wildman–Crippen LogP) is 2.50. The van der Waals surface area contributed by atoms with Gasteiger partial charge in [0.05, 0.1) is 11.3 Å². The van der Waals surface area contributed by atoms with Crippen LogP contribution in [-0.2, 0) is 16.0 Å². The smallest absolute Gasteiger partial charge is 0.244 e. The van der Waals surface area contributed by atoms with E-state index < -0.39 is 32.4 Å². The van der Waals surface area contributed by atoms with E-state index in [1.807, 2.05) is 0 Å². The molecule has 1 aromatic heterocycles. The van der Waals surface area contributed by atoms with Crippen LogP contribution in [0.4, 0.5) is 13.2 Å². The lowest BCUT2D eigenvalue weighted by Gasteiger charge is -2.11. The fourth-order valence-corrected chi connectivity index (χ4v) is 2.95. The van der Waals surface area contributed by atoms with Crippen molar-refractivity contribution in [2.45, 2.75) is 17.6 Å². The first kappa shape index (κ1) is 14.2. The quantitative estimate of drug-likeness (QED) is 0.800. The van der Waals surface area contributed by atoms with Gasteiger partial charge in [-0.1, -0.05) is 0 Å². The molecule has 0 N–H and O–H groups in total. The van der Waals surface area contributed by atoms with Crippen LogP contribution in [0.3, 0.4) is 0 Å². The molecule has 1 rings (SSSR count). The Morgan fingerprint density at radius 3 is 2.53 bits per heavy atom. The van der Waals surface area contributed by atoms with E-state index in [2.05, 4.69) is 4.98 Å². The molecule has 96 valence electrons. The molecule has 17 heavy (non-hydrogen) atoms. The molecule has 1 aromatic rings.